The van der Waals surface area contributed by atoms with Gasteiger partial charge < -0.3 is 10.1 Å². The van der Waals surface area contributed by atoms with E-state index in [1.54, 1.807) is 48.5 Å². The standard InChI is InChI=1S/C23H18N4O4/c1-2-10-25-19(28)14-27-22(29)21-20(17-8-3-4-9-18(17)31-21)26(23(27)30)13-16-7-5-6-15(11-16)12-24/h2-9,11,21H,1,10,13-14H2/p+1. The lowest BCUT2D eigenvalue weighted by Crippen LogP contribution is -2.59. The molecule has 31 heavy (non-hydrogen) atoms. The number of urea groups is 1. The number of hydrogen-bond acceptors (Lipinski definition) is 5. The summed E-state index contributed by atoms with van der Waals surface area (Å²) in [6, 6.07) is 15.4. The maximum atomic E-state index is 13.3. The first-order valence-electron chi connectivity index (χ1n) is 9.66. The highest BCUT2D eigenvalue weighted by Gasteiger charge is 2.54. The highest BCUT2D eigenvalue weighted by molar-refractivity contribution is 6.22. The van der Waals surface area contributed by atoms with Crippen molar-refractivity contribution in [1.82, 2.24) is 10.2 Å². The van der Waals surface area contributed by atoms with E-state index in [2.05, 4.69) is 18.0 Å². The number of carbonyl (C=O) groups is 3. The van der Waals surface area contributed by atoms with E-state index < -0.39 is 30.5 Å². The minimum absolute atomic E-state index is 0.121. The number of benzene rings is 2. The third kappa shape index (κ3) is 3.69. The summed E-state index contributed by atoms with van der Waals surface area (Å²) in [5, 5.41) is 11.8. The minimum Gasteiger partial charge on any atom is -0.469 e. The van der Waals surface area contributed by atoms with Crippen molar-refractivity contribution in [2.45, 2.75) is 12.6 Å². The molecule has 1 atom stereocenters. The number of nitrogens with zero attached hydrogens (tertiary/aromatic N) is 3. The Kier molecular flexibility index (Phi) is 5.33. The predicted molar refractivity (Wildman–Crippen MR) is 110 cm³/mol. The maximum absolute atomic E-state index is 13.3. The fraction of sp³-hybridized carbons (Fsp3) is 0.174. The van der Waals surface area contributed by atoms with Crippen LogP contribution in [0.3, 0.4) is 0 Å². The summed E-state index contributed by atoms with van der Waals surface area (Å²) in [6.45, 7) is 3.45. The number of hydrogen-bond donors (Lipinski definition) is 1. The second kappa shape index (κ2) is 8.24. The Hall–Kier alpha value is -4.25. The van der Waals surface area contributed by atoms with E-state index in [9.17, 15) is 19.6 Å². The van der Waals surface area contributed by atoms with E-state index >= 15 is 0 Å². The molecule has 2 heterocycles. The molecule has 0 aromatic heterocycles. The zero-order valence-electron chi connectivity index (χ0n) is 16.6. The molecule has 0 bridgehead atoms. The number of fused-ring (bicyclic) bond motifs is 3. The Morgan fingerprint density at radius 1 is 1.26 bits per heavy atom. The second-order valence-corrected chi connectivity index (χ2v) is 7.08. The van der Waals surface area contributed by atoms with Gasteiger partial charge in [0, 0.05) is 6.54 Å². The van der Waals surface area contributed by atoms with E-state index in [4.69, 9.17) is 4.74 Å². The summed E-state index contributed by atoms with van der Waals surface area (Å²) in [5.41, 5.74) is 2.27. The quantitative estimate of drug-likeness (QED) is 0.570. The van der Waals surface area contributed by atoms with Crippen LogP contribution >= 0.6 is 0 Å². The Morgan fingerprint density at radius 3 is 2.84 bits per heavy atom. The number of nitriles is 1. The summed E-state index contributed by atoms with van der Waals surface area (Å²) < 4.78 is 7.29. The van der Waals surface area contributed by atoms with Crippen LogP contribution in [0, 0.1) is 11.3 Å². The van der Waals surface area contributed by atoms with E-state index in [0.717, 1.165) is 4.90 Å². The third-order valence-electron chi connectivity index (χ3n) is 5.04. The number of nitrogens with one attached hydrogen (secondary N) is 1. The van der Waals surface area contributed by atoms with Crippen molar-refractivity contribution < 1.29 is 23.7 Å². The van der Waals surface area contributed by atoms with Gasteiger partial charge in [-0.25, -0.2) is 4.79 Å². The van der Waals surface area contributed by atoms with Crippen LogP contribution in [0.4, 0.5) is 4.79 Å². The number of carbonyl (C=O) groups excluding carboxylic acids is 3. The Labute approximate surface area is 178 Å². The van der Waals surface area contributed by atoms with Gasteiger partial charge in [0.15, 0.2) is 12.3 Å². The van der Waals surface area contributed by atoms with Crippen LogP contribution in [0.15, 0.2) is 61.2 Å². The normalized spacial score (nSPS) is 16.9. The first kappa shape index (κ1) is 20.0. The molecule has 4 rings (SSSR count). The average Bonchev–Trinajstić information content (AvgIpc) is 3.18. The molecule has 8 heteroatoms. The molecule has 2 aliphatic rings. The first-order valence-corrected chi connectivity index (χ1v) is 9.66. The van der Waals surface area contributed by atoms with Crippen LogP contribution in [-0.4, -0.2) is 52.2 Å². The van der Waals surface area contributed by atoms with Crippen molar-refractivity contribution in [3.63, 3.8) is 0 Å². The first-order chi connectivity index (χ1) is 15.0. The number of imide groups is 1. The van der Waals surface area contributed by atoms with Gasteiger partial charge in [0.05, 0.1) is 17.2 Å². The maximum Gasteiger partial charge on any atom is 0.501 e. The molecule has 0 saturated heterocycles. The average molecular weight is 415 g/mol. The highest BCUT2D eigenvalue weighted by atomic mass is 16.5. The molecule has 0 fully saturated rings. The minimum atomic E-state index is -1.03. The summed E-state index contributed by atoms with van der Waals surface area (Å²) in [4.78, 5) is 39.5. The number of amides is 4. The summed E-state index contributed by atoms with van der Waals surface area (Å²) in [5.74, 6) is -0.573. The van der Waals surface area contributed by atoms with Crippen LogP contribution in [0.2, 0.25) is 0 Å². The molecule has 2 aliphatic heterocycles. The third-order valence-corrected chi connectivity index (χ3v) is 5.04. The summed E-state index contributed by atoms with van der Waals surface area (Å²) in [7, 11) is 0. The topological polar surface area (TPSA) is 103 Å². The van der Waals surface area contributed by atoms with Gasteiger partial charge in [-0.15, -0.1) is 11.5 Å². The van der Waals surface area contributed by atoms with Gasteiger partial charge in [-0.1, -0.05) is 30.3 Å². The predicted octanol–water partition coefficient (Wildman–Crippen LogP) is 1.59. The smallest absolute Gasteiger partial charge is 0.469 e. The van der Waals surface area contributed by atoms with Gasteiger partial charge in [0.1, 0.15) is 12.3 Å². The number of rotatable bonds is 6. The van der Waals surface area contributed by atoms with Crippen LogP contribution in [0.25, 0.3) is 0 Å². The van der Waals surface area contributed by atoms with Gasteiger partial charge >= 0.3 is 11.9 Å². The lowest BCUT2D eigenvalue weighted by atomic mass is 10.0. The van der Waals surface area contributed by atoms with E-state index in [1.807, 2.05) is 0 Å². The van der Waals surface area contributed by atoms with Crippen molar-refractivity contribution in [3.05, 3.63) is 77.9 Å². The molecule has 1 unspecified atom stereocenters. The molecule has 1 N–H and O–H groups in total. The monoisotopic (exact) mass is 415 g/mol. The summed E-state index contributed by atoms with van der Waals surface area (Å²) in [6.07, 6.45) is 0.482. The van der Waals surface area contributed by atoms with E-state index in [-0.39, 0.29) is 13.1 Å². The van der Waals surface area contributed by atoms with Gasteiger partial charge in [-0.05, 0) is 29.8 Å². The Morgan fingerprint density at radius 2 is 2.06 bits per heavy atom. The molecule has 0 aliphatic carbocycles. The molecule has 4 amide bonds. The SMILES string of the molecule is C=CCNC(=O)CN1C(=O)C2Oc3ccccc3C2=[N+](Cc2cccc(C#N)c2)C1=O. The Bertz CT molecular complexity index is 1180. The van der Waals surface area contributed by atoms with Gasteiger partial charge in [-0.2, -0.15) is 14.6 Å². The fourth-order valence-corrected chi connectivity index (χ4v) is 3.65. The van der Waals surface area contributed by atoms with Crippen LogP contribution < -0.4 is 10.1 Å². The van der Waals surface area contributed by atoms with Crippen LogP contribution in [0.1, 0.15) is 16.7 Å². The zero-order valence-corrected chi connectivity index (χ0v) is 16.6. The molecule has 0 spiro atoms. The molecule has 154 valence electrons. The van der Waals surface area contributed by atoms with Crippen molar-refractivity contribution in [1.29, 1.82) is 5.26 Å². The molecule has 0 radical (unpaired) electrons. The number of para-hydroxylation sites is 1. The molecular weight excluding hydrogens is 396 g/mol. The molecular formula is C23H19N4O4+. The van der Waals surface area contributed by atoms with Gasteiger partial charge in [0.2, 0.25) is 0 Å². The largest absolute Gasteiger partial charge is 0.501 e. The molecule has 2 aromatic carbocycles. The van der Waals surface area contributed by atoms with Crippen LogP contribution in [0.5, 0.6) is 5.75 Å². The Balaban J connectivity index is 1.76. The molecule has 0 saturated carbocycles. The van der Waals surface area contributed by atoms with E-state index in [1.165, 1.54) is 10.7 Å². The van der Waals surface area contributed by atoms with E-state index in [0.29, 0.717) is 28.2 Å². The van der Waals surface area contributed by atoms with Crippen molar-refractivity contribution >= 4 is 23.6 Å². The lowest BCUT2D eigenvalue weighted by Gasteiger charge is -2.24. The van der Waals surface area contributed by atoms with Crippen molar-refractivity contribution in [2.75, 3.05) is 13.1 Å². The highest BCUT2D eigenvalue weighted by Crippen LogP contribution is 2.32. The zero-order chi connectivity index (χ0) is 22.0. The molecule has 8 nitrogen and oxygen atoms in total. The van der Waals surface area contributed by atoms with Crippen molar-refractivity contribution in [3.8, 4) is 11.8 Å². The van der Waals surface area contributed by atoms with Gasteiger partial charge in [0.25, 0.3) is 12.0 Å². The summed E-state index contributed by atoms with van der Waals surface area (Å²) >= 11 is 0. The molecule has 2 aromatic rings. The fourth-order valence-electron chi connectivity index (χ4n) is 3.65. The van der Waals surface area contributed by atoms with Gasteiger partial charge in [-0.3, -0.25) is 4.79 Å². The lowest BCUT2D eigenvalue weighted by molar-refractivity contribution is -0.456. The van der Waals surface area contributed by atoms with Crippen molar-refractivity contribution in [2.24, 2.45) is 0 Å². The number of ether oxygens (including phenoxy) is 1. The second-order valence-electron chi connectivity index (χ2n) is 7.08. The van der Waals surface area contributed by atoms with Crippen LogP contribution in [-0.2, 0) is 16.1 Å².